The Morgan fingerprint density at radius 2 is 2.31 bits per heavy atom. The maximum Gasteiger partial charge on any atom is 0.133 e. The first-order valence-electron chi connectivity index (χ1n) is 3.85. The molecule has 0 aliphatic heterocycles. The van der Waals surface area contributed by atoms with Gasteiger partial charge in [-0.1, -0.05) is 0 Å². The van der Waals surface area contributed by atoms with E-state index in [1.807, 2.05) is 0 Å². The standard InChI is InChI=1S/C9H10BrFO2/c1-6(12)5-13-9-3-2-7(11)4-8(9)10/h2-4,6,12H,5H2,1H3. The normalized spacial score (nSPS) is 12.6. The van der Waals surface area contributed by atoms with E-state index in [-0.39, 0.29) is 12.4 Å². The highest BCUT2D eigenvalue weighted by molar-refractivity contribution is 9.10. The number of aliphatic hydroxyl groups is 1. The summed E-state index contributed by atoms with van der Waals surface area (Å²) in [5.74, 6) is 0.207. The summed E-state index contributed by atoms with van der Waals surface area (Å²) in [5.41, 5.74) is 0. The molecule has 0 radical (unpaired) electrons. The lowest BCUT2D eigenvalue weighted by Crippen LogP contribution is -2.12. The van der Waals surface area contributed by atoms with E-state index in [0.29, 0.717) is 10.2 Å². The molecule has 0 bridgehead atoms. The Kier molecular flexibility index (Phi) is 3.69. The molecule has 0 spiro atoms. The third kappa shape index (κ3) is 3.32. The molecular formula is C9H10BrFO2. The average Bonchev–Trinajstić information content (AvgIpc) is 2.02. The molecule has 1 aromatic rings. The van der Waals surface area contributed by atoms with E-state index in [1.54, 1.807) is 6.92 Å². The number of hydrogen-bond acceptors (Lipinski definition) is 2. The van der Waals surface area contributed by atoms with Crippen LogP contribution in [0.2, 0.25) is 0 Å². The van der Waals surface area contributed by atoms with Gasteiger partial charge in [-0.2, -0.15) is 0 Å². The smallest absolute Gasteiger partial charge is 0.133 e. The lowest BCUT2D eigenvalue weighted by molar-refractivity contribution is 0.122. The van der Waals surface area contributed by atoms with Crippen molar-refractivity contribution in [1.82, 2.24) is 0 Å². The molecule has 0 heterocycles. The molecule has 0 aromatic heterocycles. The van der Waals surface area contributed by atoms with Gasteiger partial charge in [0.25, 0.3) is 0 Å². The number of hydrogen-bond donors (Lipinski definition) is 1. The van der Waals surface area contributed by atoms with E-state index in [2.05, 4.69) is 15.9 Å². The van der Waals surface area contributed by atoms with Gasteiger partial charge in [0.15, 0.2) is 0 Å². The number of benzene rings is 1. The Labute approximate surface area is 84.5 Å². The average molecular weight is 249 g/mol. The first kappa shape index (κ1) is 10.5. The van der Waals surface area contributed by atoms with Gasteiger partial charge >= 0.3 is 0 Å². The van der Waals surface area contributed by atoms with Crippen molar-refractivity contribution in [2.45, 2.75) is 13.0 Å². The predicted molar refractivity (Wildman–Crippen MR) is 51.3 cm³/mol. The number of aliphatic hydroxyl groups excluding tert-OH is 1. The summed E-state index contributed by atoms with van der Waals surface area (Å²) in [6.45, 7) is 1.82. The summed E-state index contributed by atoms with van der Waals surface area (Å²) in [6, 6.07) is 4.14. The zero-order valence-electron chi connectivity index (χ0n) is 7.13. The minimum Gasteiger partial charge on any atom is -0.490 e. The largest absolute Gasteiger partial charge is 0.490 e. The maximum absolute atomic E-state index is 12.6. The van der Waals surface area contributed by atoms with Crippen LogP contribution >= 0.6 is 15.9 Å². The Bertz CT molecular complexity index is 289. The van der Waals surface area contributed by atoms with Crippen LogP contribution in [0.4, 0.5) is 4.39 Å². The summed E-state index contributed by atoms with van der Waals surface area (Å²) in [7, 11) is 0. The molecule has 0 aliphatic rings. The van der Waals surface area contributed by atoms with Crippen molar-refractivity contribution in [3.8, 4) is 5.75 Å². The van der Waals surface area contributed by atoms with E-state index in [0.717, 1.165) is 0 Å². The minimum absolute atomic E-state index is 0.199. The molecular weight excluding hydrogens is 239 g/mol. The first-order valence-corrected chi connectivity index (χ1v) is 4.65. The van der Waals surface area contributed by atoms with Gasteiger partial charge in [-0.15, -0.1) is 0 Å². The van der Waals surface area contributed by atoms with Gasteiger partial charge in [-0.25, -0.2) is 4.39 Å². The fourth-order valence-electron chi connectivity index (χ4n) is 0.803. The Morgan fingerprint density at radius 3 is 2.85 bits per heavy atom. The second-order valence-electron chi connectivity index (χ2n) is 2.73. The van der Waals surface area contributed by atoms with Crippen molar-refractivity contribution in [3.05, 3.63) is 28.5 Å². The van der Waals surface area contributed by atoms with Crippen LogP contribution in [0.25, 0.3) is 0 Å². The van der Waals surface area contributed by atoms with Crippen molar-refractivity contribution in [1.29, 1.82) is 0 Å². The molecule has 1 unspecified atom stereocenters. The molecule has 1 atom stereocenters. The Hall–Kier alpha value is -0.610. The Morgan fingerprint density at radius 1 is 1.62 bits per heavy atom. The molecule has 1 N–H and O–H groups in total. The van der Waals surface area contributed by atoms with Crippen LogP contribution < -0.4 is 4.74 Å². The highest BCUT2D eigenvalue weighted by Crippen LogP contribution is 2.25. The molecule has 13 heavy (non-hydrogen) atoms. The van der Waals surface area contributed by atoms with Gasteiger partial charge in [-0.05, 0) is 41.1 Å². The number of rotatable bonds is 3. The van der Waals surface area contributed by atoms with E-state index in [1.165, 1.54) is 18.2 Å². The van der Waals surface area contributed by atoms with E-state index < -0.39 is 6.10 Å². The minimum atomic E-state index is -0.531. The molecule has 0 saturated heterocycles. The van der Waals surface area contributed by atoms with Crippen molar-refractivity contribution in [3.63, 3.8) is 0 Å². The molecule has 72 valence electrons. The number of halogens is 2. The molecule has 0 fully saturated rings. The summed E-state index contributed by atoms with van der Waals surface area (Å²) in [5, 5.41) is 8.94. The summed E-state index contributed by atoms with van der Waals surface area (Å²) < 4.78 is 18.4. The quantitative estimate of drug-likeness (QED) is 0.890. The zero-order valence-corrected chi connectivity index (χ0v) is 8.71. The second kappa shape index (κ2) is 4.58. The summed E-state index contributed by atoms with van der Waals surface area (Å²) in [6.07, 6.45) is -0.531. The van der Waals surface area contributed by atoms with Crippen LogP contribution in [0.1, 0.15) is 6.92 Å². The van der Waals surface area contributed by atoms with E-state index >= 15 is 0 Å². The van der Waals surface area contributed by atoms with Gasteiger partial charge in [-0.3, -0.25) is 0 Å². The monoisotopic (exact) mass is 248 g/mol. The number of ether oxygens (including phenoxy) is 1. The van der Waals surface area contributed by atoms with E-state index in [4.69, 9.17) is 9.84 Å². The van der Waals surface area contributed by atoms with Gasteiger partial charge < -0.3 is 9.84 Å². The first-order chi connectivity index (χ1) is 6.09. The summed E-state index contributed by atoms with van der Waals surface area (Å²) >= 11 is 3.15. The van der Waals surface area contributed by atoms with Crippen LogP contribution in [-0.2, 0) is 0 Å². The third-order valence-corrected chi connectivity index (χ3v) is 1.99. The van der Waals surface area contributed by atoms with Crippen molar-refractivity contribution < 1.29 is 14.2 Å². The SMILES string of the molecule is CC(O)COc1ccc(F)cc1Br. The lowest BCUT2D eigenvalue weighted by atomic mass is 10.3. The van der Waals surface area contributed by atoms with Crippen LogP contribution in [0.5, 0.6) is 5.75 Å². The van der Waals surface area contributed by atoms with Crippen LogP contribution in [0.15, 0.2) is 22.7 Å². The zero-order chi connectivity index (χ0) is 9.84. The molecule has 1 rings (SSSR count). The van der Waals surface area contributed by atoms with Crippen molar-refractivity contribution >= 4 is 15.9 Å². The Balaban J connectivity index is 2.67. The van der Waals surface area contributed by atoms with E-state index in [9.17, 15) is 4.39 Å². The van der Waals surface area contributed by atoms with Crippen molar-refractivity contribution in [2.24, 2.45) is 0 Å². The second-order valence-corrected chi connectivity index (χ2v) is 3.59. The van der Waals surface area contributed by atoms with Gasteiger partial charge in [0.1, 0.15) is 18.2 Å². The fourth-order valence-corrected chi connectivity index (χ4v) is 1.27. The van der Waals surface area contributed by atoms with Crippen LogP contribution in [0.3, 0.4) is 0 Å². The fraction of sp³-hybridized carbons (Fsp3) is 0.333. The van der Waals surface area contributed by atoms with Crippen LogP contribution in [-0.4, -0.2) is 17.8 Å². The van der Waals surface area contributed by atoms with Gasteiger partial charge in [0, 0.05) is 0 Å². The summed E-state index contributed by atoms with van der Waals surface area (Å²) in [4.78, 5) is 0. The molecule has 1 aromatic carbocycles. The molecule has 4 heteroatoms. The third-order valence-electron chi connectivity index (χ3n) is 1.37. The molecule has 0 aliphatic carbocycles. The van der Waals surface area contributed by atoms with Gasteiger partial charge in [0.05, 0.1) is 10.6 Å². The highest BCUT2D eigenvalue weighted by atomic mass is 79.9. The molecule has 0 saturated carbocycles. The van der Waals surface area contributed by atoms with Crippen LogP contribution in [0, 0.1) is 5.82 Å². The van der Waals surface area contributed by atoms with Crippen molar-refractivity contribution in [2.75, 3.05) is 6.61 Å². The predicted octanol–water partition coefficient (Wildman–Crippen LogP) is 2.35. The topological polar surface area (TPSA) is 29.5 Å². The highest BCUT2D eigenvalue weighted by Gasteiger charge is 2.03. The molecule has 0 amide bonds. The van der Waals surface area contributed by atoms with Gasteiger partial charge in [0.2, 0.25) is 0 Å². The maximum atomic E-state index is 12.6. The molecule has 2 nitrogen and oxygen atoms in total. The lowest BCUT2D eigenvalue weighted by Gasteiger charge is -2.09.